The normalized spacial score (nSPS) is 16.5. The predicted molar refractivity (Wildman–Crippen MR) is 114 cm³/mol. The van der Waals surface area contributed by atoms with Crippen molar-refractivity contribution in [2.24, 2.45) is 0 Å². The van der Waals surface area contributed by atoms with Gasteiger partial charge in [0.15, 0.2) is 11.5 Å². The van der Waals surface area contributed by atoms with E-state index in [1.165, 1.54) is 5.69 Å². The van der Waals surface area contributed by atoms with Gasteiger partial charge in [0.2, 0.25) is 0 Å². The van der Waals surface area contributed by atoms with E-state index in [9.17, 15) is 10.1 Å². The monoisotopic (exact) mass is 407 g/mol. The lowest BCUT2D eigenvalue weighted by Gasteiger charge is -2.31. The first-order chi connectivity index (χ1) is 14.6. The first-order valence-corrected chi connectivity index (χ1v) is 9.95. The van der Waals surface area contributed by atoms with E-state index in [0.29, 0.717) is 12.3 Å². The van der Waals surface area contributed by atoms with Crippen LogP contribution in [0.1, 0.15) is 29.3 Å². The summed E-state index contributed by atoms with van der Waals surface area (Å²) in [4.78, 5) is 13.1. The maximum atomic E-state index is 11.1. The molecule has 0 saturated heterocycles. The molecule has 1 aromatic heterocycles. The molecule has 0 amide bonds. The minimum Gasteiger partial charge on any atom is -0.493 e. The number of rotatable bonds is 6. The highest BCUT2D eigenvalue weighted by molar-refractivity contribution is 5.47. The number of nitro groups is 1. The first kappa shape index (κ1) is 20.0. The summed E-state index contributed by atoms with van der Waals surface area (Å²) in [6.45, 7) is 2.51. The van der Waals surface area contributed by atoms with Gasteiger partial charge in [-0.2, -0.15) is 0 Å². The summed E-state index contributed by atoms with van der Waals surface area (Å²) in [5.74, 6) is 1.45. The molecule has 0 bridgehead atoms. The fraction of sp³-hybridized carbons (Fsp3) is 0.304. The van der Waals surface area contributed by atoms with Crippen molar-refractivity contribution in [2.45, 2.75) is 25.6 Å². The third kappa shape index (κ3) is 3.76. The van der Waals surface area contributed by atoms with Crippen molar-refractivity contribution < 1.29 is 14.4 Å². The van der Waals surface area contributed by atoms with Crippen LogP contribution in [0.2, 0.25) is 0 Å². The average molecular weight is 407 g/mol. The number of para-hydroxylation sites is 1. The fourth-order valence-electron chi connectivity index (χ4n) is 4.27. The lowest BCUT2D eigenvalue weighted by Crippen LogP contribution is -2.29. The van der Waals surface area contributed by atoms with Crippen LogP contribution in [0.3, 0.4) is 0 Å². The van der Waals surface area contributed by atoms with Gasteiger partial charge in [-0.15, -0.1) is 0 Å². The second-order valence-corrected chi connectivity index (χ2v) is 7.35. The number of nitro benzene ring substituents is 1. The van der Waals surface area contributed by atoms with E-state index in [2.05, 4.69) is 33.9 Å². The van der Waals surface area contributed by atoms with E-state index in [1.54, 1.807) is 26.4 Å². The standard InChI is InChI=1S/C23H25N3O4/c1-29-21-8-3-6-18(23(21)30-2)16-25-15-5-14-24-13-4-7-20(24)22(25)17-9-11-19(12-10-17)26(27)28/h3-4,6-13,22H,5,14-16H2,1-2H3. The van der Waals surface area contributed by atoms with Gasteiger partial charge >= 0.3 is 0 Å². The van der Waals surface area contributed by atoms with E-state index < -0.39 is 0 Å². The molecule has 1 unspecified atom stereocenters. The summed E-state index contributed by atoms with van der Waals surface area (Å²) in [7, 11) is 3.29. The molecule has 3 aromatic rings. The van der Waals surface area contributed by atoms with Crippen LogP contribution in [-0.2, 0) is 13.1 Å². The van der Waals surface area contributed by atoms with Crippen LogP contribution in [0.15, 0.2) is 60.8 Å². The van der Waals surface area contributed by atoms with Crippen molar-refractivity contribution in [3.05, 3.63) is 87.7 Å². The zero-order valence-electron chi connectivity index (χ0n) is 17.2. The lowest BCUT2D eigenvalue weighted by molar-refractivity contribution is -0.384. The van der Waals surface area contributed by atoms with Gasteiger partial charge in [-0.25, -0.2) is 0 Å². The largest absolute Gasteiger partial charge is 0.493 e. The molecular formula is C23H25N3O4. The van der Waals surface area contributed by atoms with E-state index >= 15 is 0 Å². The molecule has 1 atom stereocenters. The Morgan fingerprint density at radius 2 is 1.83 bits per heavy atom. The molecular weight excluding hydrogens is 382 g/mol. The van der Waals surface area contributed by atoms with E-state index in [-0.39, 0.29) is 16.7 Å². The lowest BCUT2D eigenvalue weighted by atomic mass is 10.0. The Morgan fingerprint density at radius 1 is 1.03 bits per heavy atom. The minimum atomic E-state index is -0.363. The number of aryl methyl sites for hydroxylation is 1. The Labute approximate surface area is 175 Å². The summed E-state index contributed by atoms with van der Waals surface area (Å²) in [5, 5.41) is 11.1. The van der Waals surface area contributed by atoms with Crippen LogP contribution >= 0.6 is 0 Å². The van der Waals surface area contributed by atoms with Crippen LogP contribution < -0.4 is 9.47 Å². The van der Waals surface area contributed by atoms with Crippen molar-refractivity contribution >= 4 is 5.69 Å². The predicted octanol–water partition coefficient (Wildman–Crippen LogP) is 4.41. The number of hydrogen-bond donors (Lipinski definition) is 0. The number of methoxy groups -OCH3 is 2. The number of ether oxygens (including phenoxy) is 2. The van der Waals surface area contributed by atoms with E-state index in [4.69, 9.17) is 9.47 Å². The second kappa shape index (κ2) is 8.59. The fourth-order valence-corrected chi connectivity index (χ4v) is 4.27. The Bertz CT molecular complexity index is 1030. The zero-order chi connectivity index (χ0) is 21.1. The molecule has 30 heavy (non-hydrogen) atoms. The van der Waals surface area contributed by atoms with Gasteiger partial charge in [0.25, 0.3) is 5.69 Å². The Hall–Kier alpha value is -3.32. The van der Waals surface area contributed by atoms with E-state index in [0.717, 1.165) is 36.4 Å². The highest BCUT2D eigenvalue weighted by Crippen LogP contribution is 2.37. The number of fused-ring (bicyclic) bond motifs is 1. The molecule has 156 valence electrons. The number of non-ortho nitro benzene ring substituents is 1. The van der Waals surface area contributed by atoms with Crippen LogP contribution in [0.5, 0.6) is 11.5 Å². The number of nitrogens with zero attached hydrogens (tertiary/aromatic N) is 3. The molecule has 7 nitrogen and oxygen atoms in total. The van der Waals surface area contributed by atoms with Crippen molar-refractivity contribution in [3.8, 4) is 11.5 Å². The number of aromatic nitrogens is 1. The van der Waals surface area contributed by atoms with Crippen LogP contribution in [0.25, 0.3) is 0 Å². The van der Waals surface area contributed by atoms with Crippen molar-refractivity contribution in [3.63, 3.8) is 0 Å². The molecule has 0 saturated carbocycles. The van der Waals surface area contributed by atoms with Gasteiger partial charge in [0.1, 0.15) is 0 Å². The summed E-state index contributed by atoms with van der Waals surface area (Å²) in [6.07, 6.45) is 3.11. The summed E-state index contributed by atoms with van der Waals surface area (Å²) in [6, 6.07) is 17.0. The third-order valence-corrected chi connectivity index (χ3v) is 5.63. The Kier molecular flexibility index (Phi) is 5.72. The molecule has 1 aliphatic heterocycles. The zero-order valence-corrected chi connectivity index (χ0v) is 17.2. The van der Waals surface area contributed by atoms with Gasteiger partial charge in [-0.3, -0.25) is 15.0 Å². The van der Waals surface area contributed by atoms with Gasteiger partial charge in [-0.05, 0) is 30.2 Å². The second-order valence-electron chi connectivity index (χ2n) is 7.35. The Balaban J connectivity index is 1.75. The van der Waals surface area contributed by atoms with Crippen molar-refractivity contribution in [1.82, 2.24) is 9.47 Å². The molecule has 2 heterocycles. The number of benzene rings is 2. The van der Waals surface area contributed by atoms with Crippen molar-refractivity contribution in [2.75, 3.05) is 20.8 Å². The molecule has 0 N–H and O–H groups in total. The summed E-state index contributed by atoms with van der Waals surface area (Å²) < 4.78 is 13.4. The molecule has 0 spiro atoms. The van der Waals surface area contributed by atoms with Gasteiger partial charge in [0.05, 0.1) is 25.2 Å². The number of hydrogen-bond acceptors (Lipinski definition) is 5. The smallest absolute Gasteiger partial charge is 0.269 e. The molecule has 0 fully saturated rings. The summed E-state index contributed by atoms with van der Waals surface area (Å²) >= 11 is 0. The van der Waals surface area contributed by atoms with Gasteiger partial charge in [-0.1, -0.05) is 24.3 Å². The summed E-state index contributed by atoms with van der Waals surface area (Å²) in [5.41, 5.74) is 3.36. The molecule has 2 aromatic carbocycles. The Morgan fingerprint density at radius 3 is 2.53 bits per heavy atom. The highest BCUT2D eigenvalue weighted by Gasteiger charge is 2.28. The highest BCUT2D eigenvalue weighted by atomic mass is 16.6. The molecule has 1 aliphatic rings. The maximum Gasteiger partial charge on any atom is 0.269 e. The van der Waals surface area contributed by atoms with Crippen LogP contribution in [0.4, 0.5) is 5.69 Å². The van der Waals surface area contributed by atoms with Gasteiger partial charge in [0, 0.05) is 49.2 Å². The molecule has 4 rings (SSSR count). The van der Waals surface area contributed by atoms with Crippen LogP contribution in [-0.4, -0.2) is 35.2 Å². The first-order valence-electron chi connectivity index (χ1n) is 9.95. The topological polar surface area (TPSA) is 69.8 Å². The maximum absolute atomic E-state index is 11.1. The average Bonchev–Trinajstić information content (AvgIpc) is 3.15. The minimum absolute atomic E-state index is 0.0146. The molecule has 0 radical (unpaired) electrons. The third-order valence-electron chi connectivity index (χ3n) is 5.63. The van der Waals surface area contributed by atoms with Gasteiger partial charge < -0.3 is 14.0 Å². The molecule has 7 heteroatoms. The molecule has 0 aliphatic carbocycles. The van der Waals surface area contributed by atoms with E-state index in [1.807, 2.05) is 24.3 Å². The quantitative estimate of drug-likeness (QED) is 0.447. The van der Waals surface area contributed by atoms with Crippen molar-refractivity contribution in [1.29, 1.82) is 0 Å². The SMILES string of the molecule is COc1cccc(CN2CCCn3cccc3C2c2ccc([N+](=O)[O-])cc2)c1OC. The van der Waals surface area contributed by atoms with Crippen LogP contribution in [0, 0.1) is 10.1 Å².